The highest BCUT2D eigenvalue weighted by atomic mass is 16.6. The summed E-state index contributed by atoms with van der Waals surface area (Å²) >= 11 is 0. The van der Waals surface area contributed by atoms with Gasteiger partial charge in [-0.3, -0.25) is 0 Å². The fraction of sp³-hybridized carbons (Fsp3) is 0.333. The number of ether oxygens (including phenoxy) is 3. The molecule has 0 radical (unpaired) electrons. The van der Waals surface area contributed by atoms with Crippen molar-refractivity contribution in [2.24, 2.45) is 0 Å². The number of aromatic nitrogens is 3. The standard InChI is InChI=1S/C18H20N4O3/c1-23-11-13-10-18(22-17(21-13)7-9-20-22)19-8-6-14-12-24-15-4-2-3-5-16(15)25-14/h2-5,7,9-10,14,19H,6,8,11-12H2,1H3. The van der Waals surface area contributed by atoms with E-state index in [0.717, 1.165) is 41.6 Å². The van der Waals surface area contributed by atoms with Gasteiger partial charge in [0.2, 0.25) is 0 Å². The molecule has 3 aromatic rings. The third-order valence-corrected chi connectivity index (χ3v) is 4.04. The summed E-state index contributed by atoms with van der Waals surface area (Å²) in [5.74, 6) is 2.50. The van der Waals surface area contributed by atoms with Crippen molar-refractivity contribution in [1.29, 1.82) is 0 Å². The van der Waals surface area contributed by atoms with E-state index in [-0.39, 0.29) is 6.10 Å². The second-order valence-electron chi connectivity index (χ2n) is 5.88. The molecule has 3 heterocycles. The Balaban J connectivity index is 1.40. The first kappa shape index (κ1) is 15.7. The SMILES string of the molecule is COCc1cc(NCCC2COc3ccccc3O2)n2nccc2n1. The van der Waals surface area contributed by atoms with E-state index in [1.54, 1.807) is 17.8 Å². The number of para-hydroxylation sites is 2. The molecule has 1 N–H and O–H groups in total. The minimum Gasteiger partial charge on any atom is -0.486 e. The fourth-order valence-electron chi connectivity index (χ4n) is 2.88. The lowest BCUT2D eigenvalue weighted by atomic mass is 10.2. The van der Waals surface area contributed by atoms with Crippen molar-refractivity contribution >= 4 is 11.5 Å². The molecule has 0 bridgehead atoms. The lowest BCUT2D eigenvalue weighted by molar-refractivity contribution is 0.0873. The highest BCUT2D eigenvalue weighted by Gasteiger charge is 2.20. The van der Waals surface area contributed by atoms with E-state index in [1.807, 2.05) is 36.4 Å². The largest absolute Gasteiger partial charge is 0.486 e. The Kier molecular flexibility index (Phi) is 4.39. The van der Waals surface area contributed by atoms with Crippen LogP contribution < -0.4 is 14.8 Å². The van der Waals surface area contributed by atoms with Gasteiger partial charge in [0.05, 0.1) is 18.5 Å². The molecular weight excluding hydrogens is 320 g/mol. The Morgan fingerprint density at radius 2 is 2.16 bits per heavy atom. The number of hydrogen-bond donors (Lipinski definition) is 1. The molecule has 0 spiro atoms. The number of fused-ring (bicyclic) bond motifs is 2. The van der Waals surface area contributed by atoms with Gasteiger partial charge in [0.25, 0.3) is 0 Å². The van der Waals surface area contributed by atoms with E-state index < -0.39 is 0 Å². The zero-order valence-electron chi connectivity index (χ0n) is 14.0. The summed E-state index contributed by atoms with van der Waals surface area (Å²) in [6.07, 6.45) is 2.58. The molecular formula is C18H20N4O3. The van der Waals surface area contributed by atoms with Gasteiger partial charge in [-0.1, -0.05) is 12.1 Å². The van der Waals surface area contributed by atoms with Crippen LogP contribution in [-0.4, -0.2) is 41.0 Å². The number of benzene rings is 1. The first-order chi connectivity index (χ1) is 12.3. The van der Waals surface area contributed by atoms with Gasteiger partial charge in [-0.25, -0.2) is 4.98 Å². The molecule has 7 heteroatoms. The number of nitrogens with zero attached hydrogens (tertiary/aromatic N) is 3. The molecule has 1 unspecified atom stereocenters. The smallest absolute Gasteiger partial charge is 0.161 e. The number of hydrogen-bond acceptors (Lipinski definition) is 6. The van der Waals surface area contributed by atoms with Crippen molar-refractivity contribution in [3.8, 4) is 11.5 Å². The maximum absolute atomic E-state index is 5.98. The van der Waals surface area contributed by atoms with Crippen molar-refractivity contribution in [2.45, 2.75) is 19.1 Å². The van der Waals surface area contributed by atoms with Gasteiger partial charge in [-0.15, -0.1) is 0 Å². The number of methoxy groups -OCH3 is 1. The molecule has 0 amide bonds. The van der Waals surface area contributed by atoms with Gasteiger partial charge < -0.3 is 19.5 Å². The Hall–Kier alpha value is -2.80. The highest BCUT2D eigenvalue weighted by molar-refractivity contribution is 5.49. The molecule has 1 atom stereocenters. The number of rotatable bonds is 6. The van der Waals surface area contributed by atoms with Crippen molar-refractivity contribution in [1.82, 2.24) is 14.6 Å². The van der Waals surface area contributed by atoms with E-state index >= 15 is 0 Å². The normalized spacial score (nSPS) is 16.1. The van der Waals surface area contributed by atoms with Gasteiger partial charge in [0, 0.05) is 32.2 Å². The van der Waals surface area contributed by atoms with Gasteiger partial charge in [0.15, 0.2) is 17.1 Å². The molecule has 1 aliphatic heterocycles. The van der Waals surface area contributed by atoms with Crippen molar-refractivity contribution < 1.29 is 14.2 Å². The average Bonchev–Trinajstić information content (AvgIpc) is 3.11. The first-order valence-corrected chi connectivity index (χ1v) is 8.28. The Labute approximate surface area is 145 Å². The lowest BCUT2D eigenvalue weighted by Gasteiger charge is -2.26. The molecule has 1 aromatic carbocycles. The Morgan fingerprint density at radius 3 is 3.04 bits per heavy atom. The molecule has 0 saturated heterocycles. The van der Waals surface area contributed by atoms with Crippen LogP contribution in [0.3, 0.4) is 0 Å². The maximum Gasteiger partial charge on any atom is 0.161 e. The molecule has 0 aliphatic carbocycles. The van der Waals surface area contributed by atoms with E-state index in [4.69, 9.17) is 14.2 Å². The summed E-state index contributed by atoms with van der Waals surface area (Å²) in [6, 6.07) is 11.6. The number of anilines is 1. The molecule has 1 aliphatic rings. The summed E-state index contributed by atoms with van der Waals surface area (Å²) in [5.41, 5.74) is 1.66. The highest BCUT2D eigenvalue weighted by Crippen LogP contribution is 2.31. The minimum atomic E-state index is 0.0239. The third-order valence-electron chi connectivity index (χ3n) is 4.04. The average molecular weight is 340 g/mol. The lowest BCUT2D eigenvalue weighted by Crippen LogP contribution is -2.31. The first-order valence-electron chi connectivity index (χ1n) is 8.28. The van der Waals surface area contributed by atoms with Crippen LogP contribution in [-0.2, 0) is 11.3 Å². The second-order valence-corrected chi connectivity index (χ2v) is 5.88. The molecule has 0 fully saturated rings. The van der Waals surface area contributed by atoms with Crippen LogP contribution in [0.2, 0.25) is 0 Å². The molecule has 0 saturated carbocycles. The van der Waals surface area contributed by atoms with Gasteiger partial charge in [-0.2, -0.15) is 9.61 Å². The molecule has 130 valence electrons. The fourth-order valence-corrected chi connectivity index (χ4v) is 2.88. The molecule has 7 nitrogen and oxygen atoms in total. The predicted octanol–water partition coefficient (Wildman–Crippen LogP) is 2.52. The van der Waals surface area contributed by atoms with E-state index in [1.165, 1.54) is 0 Å². The van der Waals surface area contributed by atoms with Crippen molar-refractivity contribution in [3.05, 3.63) is 48.3 Å². The van der Waals surface area contributed by atoms with Crippen molar-refractivity contribution in [2.75, 3.05) is 25.6 Å². The van der Waals surface area contributed by atoms with Crippen LogP contribution in [0.15, 0.2) is 42.6 Å². The van der Waals surface area contributed by atoms with E-state index in [2.05, 4.69) is 15.4 Å². The Morgan fingerprint density at radius 1 is 1.28 bits per heavy atom. The Bertz CT molecular complexity index is 864. The second kappa shape index (κ2) is 6.98. The maximum atomic E-state index is 5.98. The number of nitrogens with one attached hydrogen (secondary N) is 1. The summed E-state index contributed by atoms with van der Waals surface area (Å²) in [5, 5.41) is 7.72. The van der Waals surface area contributed by atoms with Crippen LogP contribution >= 0.6 is 0 Å². The molecule has 4 rings (SSSR count). The monoisotopic (exact) mass is 340 g/mol. The zero-order valence-corrected chi connectivity index (χ0v) is 14.0. The van der Waals surface area contributed by atoms with Crippen LogP contribution in [0, 0.1) is 0 Å². The quantitative estimate of drug-likeness (QED) is 0.743. The topological polar surface area (TPSA) is 69.9 Å². The zero-order chi connectivity index (χ0) is 17.1. The minimum absolute atomic E-state index is 0.0239. The summed E-state index contributed by atoms with van der Waals surface area (Å²) < 4.78 is 18.7. The van der Waals surface area contributed by atoms with Crippen molar-refractivity contribution in [3.63, 3.8) is 0 Å². The molecule has 2 aromatic heterocycles. The predicted molar refractivity (Wildman–Crippen MR) is 93.2 cm³/mol. The summed E-state index contributed by atoms with van der Waals surface area (Å²) in [7, 11) is 1.66. The third kappa shape index (κ3) is 3.36. The van der Waals surface area contributed by atoms with Gasteiger partial charge >= 0.3 is 0 Å². The van der Waals surface area contributed by atoms with Crippen LogP contribution in [0.5, 0.6) is 11.5 Å². The summed E-state index contributed by atoms with van der Waals surface area (Å²) in [4.78, 5) is 4.50. The van der Waals surface area contributed by atoms with E-state index in [0.29, 0.717) is 13.2 Å². The van der Waals surface area contributed by atoms with E-state index in [9.17, 15) is 0 Å². The molecule has 25 heavy (non-hydrogen) atoms. The van der Waals surface area contributed by atoms with Crippen LogP contribution in [0.1, 0.15) is 12.1 Å². The van der Waals surface area contributed by atoms with Gasteiger partial charge in [-0.05, 0) is 12.1 Å². The van der Waals surface area contributed by atoms with Crippen LogP contribution in [0.4, 0.5) is 5.82 Å². The van der Waals surface area contributed by atoms with Crippen LogP contribution in [0.25, 0.3) is 5.65 Å². The van der Waals surface area contributed by atoms with Gasteiger partial charge in [0.1, 0.15) is 18.5 Å². The summed E-state index contributed by atoms with van der Waals surface area (Å²) in [6.45, 7) is 1.76.